The molecule has 5 heteroatoms. The summed E-state index contributed by atoms with van der Waals surface area (Å²) in [6.07, 6.45) is 0.370. The van der Waals surface area contributed by atoms with Crippen LogP contribution in [0.25, 0.3) is 11.5 Å². The highest BCUT2D eigenvalue weighted by atomic mass is 19.1. The first kappa shape index (κ1) is 12.3. The molecule has 0 fully saturated rings. The van der Waals surface area contributed by atoms with Gasteiger partial charge in [0.25, 0.3) is 5.89 Å². The van der Waals surface area contributed by atoms with Gasteiger partial charge in [0.05, 0.1) is 5.56 Å². The van der Waals surface area contributed by atoms with Gasteiger partial charge in [-0.2, -0.15) is 4.98 Å². The topological polar surface area (TPSA) is 59.2 Å². The third-order valence-corrected chi connectivity index (χ3v) is 2.85. The summed E-state index contributed by atoms with van der Waals surface area (Å²) in [5, 5.41) is 13.6. The smallest absolute Gasteiger partial charge is 0.261 e. The van der Waals surface area contributed by atoms with Crippen LogP contribution in [0.5, 0.6) is 5.75 Å². The van der Waals surface area contributed by atoms with E-state index in [1.165, 1.54) is 12.1 Å². The molecule has 0 aliphatic rings. The number of hydrogen-bond donors (Lipinski definition) is 1. The van der Waals surface area contributed by atoms with Crippen LogP contribution in [0.4, 0.5) is 4.39 Å². The number of hydrogen-bond acceptors (Lipinski definition) is 4. The highest BCUT2D eigenvalue weighted by Crippen LogP contribution is 2.27. The molecule has 0 radical (unpaired) electrons. The summed E-state index contributed by atoms with van der Waals surface area (Å²) in [6.45, 7) is 0. The van der Waals surface area contributed by atoms with E-state index in [4.69, 9.17) is 4.52 Å². The van der Waals surface area contributed by atoms with Crippen molar-refractivity contribution in [3.8, 4) is 17.2 Å². The molecule has 1 heterocycles. The first-order valence-corrected chi connectivity index (χ1v) is 6.08. The van der Waals surface area contributed by atoms with Crippen molar-refractivity contribution in [1.82, 2.24) is 10.1 Å². The van der Waals surface area contributed by atoms with Crippen LogP contribution >= 0.6 is 0 Å². The van der Waals surface area contributed by atoms with Crippen molar-refractivity contribution in [2.45, 2.75) is 6.42 Å². The summed E-state index contributed by atoms with van der Waals surface area (Å²) in [7, 11) is 0. The zero-order chi connectivity index (χ0) is 13.9. The fourth-order valence-electron chi connectivity index (χ4n) is 1.92. The van der Waals surface area contributed by atoms with Crippen LogP contribution in [0.2, 0.25) is 0 Å². The van der Waals surface area contributed by atoms with Crippen LogP contribution in [0.3, 0.4) is 0 Å². The van der Waals surface area contributed by atoms with Crippen molar-refractivity contribution in [3.05, 3.63) is 65.7 Å². The second-order valence-electron chi connectivity index (χ2n) is 4.34. The molecule has 0 spiro atoms. The fraction of sp³-hybridized carbons (Fsp3) is 0.0667. The van der Waals surface area contributed by atoms with Gasteiger partial charge in [-0.1, -0.05) is 29.4 Å². The van der Waals surface area contributed by atoms with E-state index in [9.17, 15) is 9.50 Å². The van der Waals surface area contributed by atoms with E-state index in [0.717, 1.165) is 5.56 Å². The Hall–Kier alpha value is -2.69. The van der Waals surface area contributed by atoms with Crippen molar-refractivity contribution in [2.24, 2.45) is 0 Å². The monoisotopic (exact) mass is 270 g/mol. The van der Waals surface area contributed by atoms with Gasteiger partial charge < -0.3 is 9.63 Å². The second kappa shape index (κ2) is 5.13. The molecule has 4 nitrogen and oxygen atoms in total. The van der Waals surface area contributed by atoms with Gasteiger partial charge >= 0.3 is 0 Å². The standard InChI is InChI=1S/C15H11FN2O2/c16-11-5-3-4-10(8-11)9-14-17-15(20-18-14)12-6-1-2-7-13(12)19/h1-8,19H,9H2. The van der Waals surface area contributed by atoms with Crippen LogP contribution in [0.1, 0.15) is 11.4 Å². The third-order valence-electron chi connectivity index (χ3n) is 2.85. The summed E-state index contributed by atoms with van der Waals surface area (Å²) in [5.74, 6) is 0.462. The lowest BCUT2D eigenvalue weighted by Crippen LogP contribution is -1.91. The molecular formula is C15H11FN2O2. The molecule has 0 aliphatic carbocycles. The van der Waals surface area contributed by atoms with Crippen LogP contribution in [-0.2, 0) is 6.42 Å². The average Bonchev–Trinajstić information content (AvgIpc) is 2.87. The number of phenolic OH excluding ortho intramolecular Hbond substituents is 1. The first-order chi connectivity index (χ1) is 9.72. The fourth-order valence-corrected chi connectivity index (χ4v) is 1.92. The lowest BCUT2D eigenvalue weighted by molar-refractivity contribution is 0.418. The molecule has 100 valence electrons. The second-order valence-corrected chi connectivity index (χ2v) is 4.34. The number of phenols is 1. The number of nitrogens with zero attached hydrogens (tertiary/aromatic N) is 2. The summed E-state index contributed by atoms with van der Waals surface area (Å²) in [4.78, 5) is 4.21. The highest BCUT2D eigenvalue weighted by Gasteiger charge is 2.12. The van der Waals surface area contributed by atoms with Gasteiger partial charge in [0.2, 0.25) is 0 Å². The number of aromatic hydroxyl groups is 1. The average molecular weight is 270 g/mol. The molecule has 1 aromatic heterocycles. The van der Waals surface area contributed by atoms with Gasteiger partial charge in [-0.15, -0.1) is 0 Å². The predicted octanol–water partition coefficient (Wildman–Crippen LogP) is 3.17. The van der Waals surface area contributed by atoms with E-state index in [1.54, 1.807) is 36.4 Å². The lowest BCUT2D eigenvalue weighted by atomic mass is 10.1. The molecule has 3 aromatic rings. The van der Waals surface area contributed by atoms with Gasteiger partial charge in [0, 0.05) is 6.42 Å². The summed E-state index contributed by atoms with van der Waals surface area (Å²) < 4.78 is 18.2. The quantitative estimate of drug-likeness (QED) is 0.794. The van der Waals surface area contributed by atoms with Gasteiger partial charge in [-0.25, -0.2) is 4.39 Å². The largest absolute Gasteiger partial charge is 0.507 e. The Balaban J connectivity index is 1.86. The van der Waals surface area contributed by atoms with Gasteiger partial charge in [-0.05, 0) is 29.8 Å². The maximum absolute atomic E-state index is 13.1. The van der Waals surface area contributed by atoms with Crippen molar-refractivity contribution in [2.75, 3.05) is 0 Å². The number of aromatic nitrogens is 2. The van der Waals surface area contributed by atoms with Crippen LogP contribution < -0.4 is 0 Å². The minimum Gasteiger partial charge on any atom is -0.507 e. The number of para-hydroxylation sites is 1. The molecule has 0 atom stereocenters. The van der Waals surface area contributed by atoms with Crippen molar-refractivity contribution < 1.29 is 14.0 Å². The highest BCUT2D eigenvalue weighted by molar-refractivity contribution is 5.61. The summed E-state index contributed by atoms with van der Waals surface area (Å²) >= 11 is 0. The lowest BCUT2D eigenvalue weighted by Gasteiger charge is -1.97. The minimum atomic E-state index is -0.299. The number of rotatable bonds is 3. The van der Waals surface area contributed by atoms with E-state index in [2.05, 4.69) is 10.1 Å². The van der Waals surface area contributed by atoms with E-state index in [1.807, 2.05) is 0 Å². The Kier molecular flexibility index (Phi) is 3.16. The Bertz CT molecular complexity index is 740. The van der Waals surface area contributed by atoms with Gasteiger partial charge in [0.15, 0.2) is 5.82 Å². The molecule has 20 heavy (non-hydrogen) atoms. The van der Waals surface area contributed by atoms with Gasteiger partial charge in [0.1, 0.15) is 11.6 Å². The van der Waals surface area contributed by atoms with E-state index in [0.29, 0.717) is 17.8 Å². The first-order valence-electron chi connectivity index (χ1n) is 6.08. The zero-order valence-electron chi connectivity index (χ0n) is 10.5. The van der Waals surface area contributed by atoms with E-state index in [-0.39, 0.29) is 17.5 Å². The predicted molar refractivity (Wildman–Crippen MR) is 70.6 cm³/mol. The van der Waals surface area contributed by atoms with Crippen molar-refractivity contribution in [3.63, 3.8) is 0 Å². The summed E-state index contributed by atoms with van der Waals surface area (Å²) in [6, 6.07) is 13.0. The summed E-state index contributed by atoms with van der Waals surface area (Å²) in [5.41, 5.74) is 1.24. The molecule has 3 rings (SSSR count). The number of benzene rings is 2. The zero-order valence-corrected chi connectivity index (χ0v) is 10.5. The maximum atomic E-state index is 13.1. The minimum absolute atomic E-state index is 0.0773. The van der Waals surface area contributed by atoms with Crippen molar-refractivity contribution in [1.29, 1.82) is 0 Å². The van der Waals surface area contributed by atoms with E-state index >= 15 is 0 Å². The molecule has 0 saturated heterocycles. The normalized spacial score (nSPS) is 10.7. The molecule has 0 bridgehead atoms. The van der Waals surface area contributed by atoms with Crippen molar-refractivity contribution >= 4 is 0 Å². The van der Waals surface area contributed by atoms with E-state index < -0.39 is 0 Å². The molecule has 0 aliphatic heterocycles. The Morgan fingerprint density at radius 3 is 2.75 bits per heavy atom. The molecule has 2 aromatic carbocycles. The SMILES string of the molecule is Oc1ccccc1-c1nc(Cc2cccc(F)c2)no1. The molecule has 0 amide bonds. The molecule has 0 unspecified atom stereocenters. The van der Waals surface area contributed by atoms with Crippen LogP contribution in [-0.4, -0.2) is 15.2 Å². The van der Waals surface area contributed by atoms with Gasteiger partial charge in [-0.3, -0.25) is 0 Å². The number of halogens is 1. The Morgan fingerprint density at radius 1 is 1.10 bits per heavy atom. The maximum Gasteiger partial charge on any atom is 0.261 e. The Morgan fingerprint density at radius 2 is 1.95 bits per heavy atom. The molecule has 1 N–H and O–H groups in total. The molecular weight excluding hydrogens is 259 g/mol. The Labute approximate surface area is 114 Å². The third kappa shape index (κ3) is 2.51. The molecule has 0 saturated carbocycles. The van der Waals surface area contributed by atoms with Crippen LogP contribution in [0, 0.1) is 5.82 Å². The van der Waals surface area contributed by atoms with Crippen LogP contribution in [0.15, 0.2) is 53.1 Å².